The maximum absolute atomic E-state index is 13.3. The van der Waals surface area contributed by atoms with Gasteiger partial charge < -0.3 is 9.47 Å². The minimum absolute atomic E-state index is 0.252. The van der Waals surface area contributed by atoms with Gasteiger partial charge in [-0.15, -0.1) is 0 Å². The van der Waals surface area contributed by atoms with Crippen LogP contribution < -0.4 is 10.9 Å². The van der Waals surface area contributed by atoms with Crippen molar-refractivity contribution in [3.63, 3.8) is 0 Å². The van der Waals surface area contributed by atoms with Gasteiger partial charge in [-0.05, 0) is 42.9 Å². The van der Waals surface area contributed by atoms with Gasteiger partial charge in [0, 0.05) is 32.4 Å². The van der Waals surface area contributed by atoms with Crippen molar-refractivity contribution >= 4 is 11.8 Å². The number of likely N-dealkylation sites (tertiary alicyclic amines) is 1. The number of hydrogen-bond donors (Lipinski definition) is 1. The molecule has 0 aliphatic carbocycles. The van der Waals surface area contributed by atoms with Crippen LogP contribution in [0.2, 0.25) is 0 Å². The zero-order chi connectivity index (χ0) is 18.7. The molecule has 1 fully saturated rings. The van der Waals surface area contributed by atoms with Crippen LogP contribution in [0.5, 0.6) is 0 Å². The predicted octanol–water partition coefficient (Wildman–Crippen LogP) is 2.55. The number of benzene rings is 1. The van der Waals surface area contributed by atoms with Crippen LogP contribution in [0.1, 0.15) is 18.4 Å². The molecular weight excluding hydrogens is 342 g/mol. The second-order valence-electron chi connectivity index (χ2n) is 6.56. The number of carbonyl (C=O) groups is 1. The molecule has 1 aliphatic heterocycles. The van der Waals surface area contributed by atoms with Crippen molar-refractivity contribution in [2.45, 2.75) is 19.3 Å². The number of piperidine rings is 1. The lowest BCUT2D eigenvalue weighted by atomic mass is 9.90. The van der Waals surface area contributed by atoms with Crippen LogP contribution in [0.25, 0.3) is 0 Å². The monoisotopic (exact) mass is 362 g/mol. The Bertz CT molecular complexity index is 840. The Morgan fingerprint density at radius 2 is 1.88 bits per heavy atom. The molecule has 0 atom stereocenters. The molecule has 8 heteroatoms. The molecule has 1 N–H and O–H groups in total. The maximum Gasteiger partial charge on any atom is 0.323 e. The van der Waals surface area contributed by atoms with Gasteiger partial charge in [0.15, 0.2) is 5.82 Å². The molecule has 138 valence electrons. The van der Waals surface area contributed by atoms with Gasteiger partial charge in [0.25, 0.3) is 5.56 Å². The molecule has 0 bridgehead atoms. The highest BCUT2D eigenvalue weighted by molar-refractivity contribution is 5.88. The molecule has 0 radical (unpaired) electrons. The maximum atomic E-state index is 13.3. The van der Waals surface area contributed by atoms with E-state index in [1.54, 1.807) is 11.9 Å². The summed E-state index contributed by atoms with van der Waals surface area (Å²) in [6.07, 6.45) is 4.72. The zero-order valence-corrected chi connectivity index (χ0v) is 14.4. The third kappa shape index (κ3) is 4.44. The van der Waals surface area contributed by atoms with Crippen molar-refractivity contribution in [1.82, 2.24) is 14.5 Å². The summed E-state index contributed by atoms with van der Waals surface area (Å²) >= 11 is 0. The number of aromatic nitrogens is 2. The van der Waals surface area contributed by atoms with Gasteiger partial charge in [-0.3, -0.25) is 10.1 Å². The van der Waals surface area contributed by atoms with Crippen LogP contribution in [-0.2, 0) is 13.5 Å². The number of nitrogens with one attached hydrogen (secondary N) is 1. The summed E-state index contributed by atoms with van der Waals surface area (Å²) < 4.78 is 27.9. The fraction of sp³-hybridized carbons (Fsp3) is 0.389. The van der Waals surface area contributed by atoms with E-state index in [0.717, 1.165) is 25.1 Å². The summed E-state index contributed by atoms with van der Waals surface area (Å²) in [4.78, 5) is 29.2. The van der Waals surface area contributed by atoms with Gasteiger partial charge in [-0.2, -0.15) is 0 Å². The number of urea groups is 1. The van der Waals surface area contributed by atoms with Crippen LogP contribution in [0.3, 0.4) is 0 Å². The van der Waals surface area contributed by atoms with Crippen molar-refractivity contribution in [3.8, 4) is 0 Å². The Morgan fingerprint density at radius 3 is 2.50 bits per heavy atom. The molecule has 2 aromatic rings. The Balaban J connectivity index is 1.53. The third-order valence-electron chi connectivity index (χ3n) is 4.56. The first-order chi connectivity index (χ1) is 12.4. The average molecular weight is 362 g/mol. The van der Waals surface area contributed by atoms with E-state index in [1.165, 1.54) is 22.9 Å². The minimum atomic E-state index is -0.568. The number of hydrogen-bond acceptors (Lipinski definition) is 3. The lowest BCUT2D eigenvalue weighted by Crippen LogP contribution is -2.41. The second kappa shape index (κ2) is 7.63. The van der Waals surface area contributed by atoms with Gasteiger partial charge in [-0.1, -0.05) is 0 Å². The number of halogens is 2. The van der Waals surface area contributed by atoms with E-state index in [2.05, 4.69) is 10.3 Å². The topological polar surface area (TPSA) is 67.2 Å². The summed E-state index contributed by atoms with van der Waals surface area (Å²) in [5.41, 5.74) is 0.386. The number of rotatable bonds is 3. The first-order valence-corrected chi connectivity index (χ1v) is 8.44. The highest BCUT2D eigenvalue weighted by Gasteiger charge is 2.23. The quantitative estimate of drug-likeness (QED) is 0.912. The summed E-state index contributed by atoms with van der Waals surface area (Å²) in [5, 5.41) is 2.68. The van der Waals surface area contributed by atoms with E-state index in [9.17, 15) is 18.4 Å². The summed E-state index contributed by atoms with van der Waals surface area (Å²) in [6.45, 7) is 1.11. The third-order valence-corrected chi connectivity index (χ3v) is 4.56. The molecule has 0 spiro atoms. The summed E-state index contributed by atoms with van der Waals surface area (Å²) in [7, 11) is 1.58. The average Bonchev–Trinajstić information content (AvgIpc) is 2.58. The Kier molecular flexibility index (Phi) is 5.29. The number of carbonyl (C=O) groups excluding carboxylic acids is 1. The molecule has 1 saturated heterocycles. The lowest BCUT2D eigenvalue weighted by molar-refractivity contribution is 0.182. The lowest BCUT2D eigenvalue weighted by Gasteiger charge is -2.32. The van der Waals surface area contributed by atoms with Crippen molar-refractivity contribution in [2.24, 2.45) is 13.0 Å². The first kappa shape index (κ1) is 18.0. The molecule has 0 unspecified atom stereocenters. The predicted molar refractivity (Wildman–Crippen MR) is 92.9 cm³/mol. The van der Waals surface area contributed by atoms with Gasteiger partial charge in [0.1, 0.15) is 11.6 Å². The molecular formula is C18H20F2N4O2. The van der Waals surface area contributed by atoms with Crippen molar-refractivity contribution in [3.05, 3.63) is 58.1 Å². The van der Waals surface area contributed by atoms with Crippen LogP contribution in [0, 0.1) is 17.6 Å². The van der Waals surface area contributed by atoms with Gasteiger partial charge in [0.05, 0.1) is 6.20 Å². The standard InChI is InChI=1S/C18H20F2N4O2/c1-23-11-16(21-10-17(23)25)22-18(26)24-4-2-12(3-5-24)6-13-7-14(19)9-15(20)8-13/h7-12H,2-6H2,1H3,(H,22,26). The van der Waals surface area contributed by atoms with Gasteiger partial charge >= 0.3 is 6.03 Å². The van der Waals surface area contributed by atoms with Crippen LogP contribution in [0.15, 0.2) is 35.4 Å². The van der Waals surface area contributed by atoms with E-state index >= 15 is 0 Å². The number of aryl methyl sites for hydroxylation is 1. The number of amides is 2. The Labute approximate surface area is 149 Å². The first-order valence-electron chi connectivity index (χ1n) is 8.44. The molecule has 0 saturated carbocycles. The Morgan fingerprint density at radius 1 is 1.23 bits per heavy atom. The molecule has 3 rings (SSSR count). The molecule has 1 aromatic carbocycles. The molecule has 26 heavy (non-hydrogen) atoms. The highest BCUT2D eigenvalue weighted by atomic mass is 19.1. The van der Waals surface area contributed by atoms with E-state index < -0.39 is 11.6 Å². The summed E-state index contributed by atoms with van der Waals surface area (Å²) in [5.74, 6) is -0.548. The summed E-state index contributed by atoms with van der Waals surface area (Å²) in [6, 6.07) is 3.30. The van der Waals surface area contributed by atoms with Crippen molar-refractivity contribution in [2.75, 3.05) is 18.4 Å². The Hall–Kier alpha value is -2.77. The van der Waals surface area contributed by atoms with Gasteiger partial charge in [-0.25, -0.2) is 18.6 Å². The number of anilines is 1. The fourth-order valence-corrected chi connectivity index (χ4v) is 3.15. The largest absolute Gasteiger partial charge is 0.324 e. The van der Waals surface area contributed by atoms with Crippen molar-refractivity contribution < 1.29 is 13.6 Å². The minimum Gasteiger partial charge on any atom is -0.324 e. The molecule has 1 aliphatic rings. The molecule has 2 heterocycles. The molecule has 6 nitrogen and oxygen atoms in total. The molecule has 2 amide bonds. The normalized spacial score (nSPS) is 15.1. The molecule has 1 aromatic heterocycles. The smallest absolute Gasteiger partial charge is 0.323 e. The zero-order valence-electron chi connectivity index (χ0n) is 14.4. The SMILES string of the molecule is Cn1cc(NC(=O)N2CCC(Cc3cc(F)cc(F)c3)CC2)ncc1=O. The van der Waals surface area contributed by atoms with Crippen LogP contribution in [0.4, 0.5) is 19.4 Å². The van der Waals surface area contributed by atoms with Crippen molar-refractivity contribution in [1.29, 1.82) is 0 Å². The number of nitrogens with zero attached hydrogens (tertiary/aromatic N) is 3. The van der Waals surface area contributed by atoms with E-state index in [-0.39, 0.29) is 17.5 Å². The van der Waals surface area contributed by atoms with E-state index in [4.69, 9.17) is 0 Å². The second-order valence-corrected chi connectivity index (χ2v) is 6.56. The fourth-order valence-electron chi connectivity index (χ4n) is 3.15. The van der Waals surface area contributed by atoms with E-state index in [1.807, 2.05) is 0 Å². The highest BCUT2D eigenvalue weighted by Crippen LogP contribution is 2.23. The van der Waals surface area contributed by atoms with Crippen LogP contribution >= 0.6 is 0 Å². The van der Waals surface area contributed by atoms with E-state index in [0.29, 0.717) is 30.9 Å². The van der Waals surface area contributed by atoms with Gasteiger partial charge in [0.2, 0.25) is 0 Å². The van der Waals surface area contributed by atoms with Crippen LogP contribution in [-0.4, -0.2) is 33.6 Å².